The molecule has 3 aromatic carbocycles. The van der Waals surface area contributed by atoms with Crippen molar-refractivity contribution in [1.29, 1.82) is 0 Å². The Hall–Kier alpha value is -3.17. The molecular weight excluding hydrogens is 633 g/mol. The molecule has 0 unspecified atom stereocenters. The zero-order valence-electron chi connectivity index (χ0n) is 25.4. The molecule has 0 heterocycles. The number of hydrogen-bond donors (Lipinski definition) is 0. The van der Waals surface area contributed by atoms with Crippen LogP contribution in [0.4, 0.5) is 0 Å². The highest BCUT2D eigenvalue weighted by atomic mass is 32.2. The molecule has 0 saturated carbocycles. The lowest BCUT2D eigenvalue weighted by Crippen LogP contribution is -2.14. The summed E-state index contributed by atoms with van der Waals surface area (Å²) in [5, 5.41) is 0. The molecule has 3 aromatic rings. The Morgan fingerprint density at radius 1 is 0.455 bits per heavy atom. The van der Waals surface area contributed by atoms with Gasteiger partial charge in [-0.3, -0.25) is 0 Å². The first-order valence-corrected chi connectivity index (χ1v) is 19.5. The van der Waals surface area contributed by atoms with Crippen molar-refractivity contribution in [2.45, 2.75) is 26.1 Å². The van der Waals surface area contributed by atoms with Crippen LogP contribution in [0.2, 0.25) is 0 Å². The predicted molar refractivity (Wildman–Crippen MR) is 167 cm³/mol. The molecular formula is C30H38O11S3. The summed E-state index contributed by atoms with van der Waals surface area (Å²) in [6.45, 7) is 0.358. The van der Waals surface area contributed by atoms with Crippen LogP contribution in [0.1, 0.15) is 33.4 Å². The second-order valence-corrected chi connectivity index (χ2v) is 16.8. The van der Waals surface area contributed by atoms with Crippen LogP contribution in [-0.2, 0) is 65.0 Å². The van der Waals surface area contributed by atoms with Crippen molar-refractivity contribution in [3.8, 4) is 17.2 Å². The van der Waals surface area contributed by atoms with E-state index in [4.69, 9.17) is 23.7 Å². The molecule has 0 aromatic heterocycles. The normalized spacial score (nSPS) is 12.2. The van der Waals surface area contributed by atoms with Crippen molar-refractivity contribution in [2.24, 2.45) is 0 Å². The van der Waals surface area contributed by atoms with Gasteiger partial charge in [-0.05, 0) is 22.3 Å². The highest BCUT2D eigenvalue weighted by Gasteiger charge is 2.20. The van der Waals surface area contributed by atoms with Gasteiger partial charge in [0.15, 0.2) is 47.3 Å². The fourth-order valence-corrected chi connectivity index (χ4v) is 5.47. The highest BCUT2D eigenvalue weighted by molar-refractivity contribution is 7.91. The lowest BCUT2D eigenvalue weighted by Gasteiger charge is -2.20. The maximum absolute atomic E-state index is 12.1. The van der Waals surface area contributed by atoms with Crippen LogP contribution >= 0.6 is 0 Å². The average Bonchev–Trinajstić information content (AvgIpc) is 2.91. The Morgan fingerprint density at radius 2 is 0.705 bits per heavy atom. The zero-order chi connectivity index (χ0) is 32.5. The van der Waals surface area contributed by atoms with E-state index in [1.54, 1.807) is 54.6 Å². The van der Waals surface area contributed by atoms with E-state index in [0.29, 0.717) is 50.6 Å². The van der Waals surface area contributed by atoms with E-state index < -0.39 is 47.3 Å². The summed E-state index contributed by atoms with van der Waals surface area (Å²) >= 11 is 0. The predicted octanol–water partition coefficient (Wildman–Crippen LogP) is 3.30. The van der Waals surface area contributed by atoms with E-state index in [1.165, 1.54) is 14.2 Å². The molecule has 0 fully saturated rings. The largest absolute Gasteiger partial charge is 0.477 e. The SMILES string of the molecule is COCc1cccc(Cc2cccc(Cc3cccc(COC)c3OCS(C)(=O)=O)c2OCS(C)(=O)=O)c1OCS(C)(=O)=O. The van der Waals surface area contributed by atoms with Gasteiger partial charge in [0.25, 0.3) is 0 Å². The molecule has 0 spiro atoms. The fraction of sp³-hybridized carbons (Fsp3) is 0.400. The molecule has 0 radical (unpaired) electrons. The van der Waals surface area contributed by atoms with Gasteiger partial charge in [-0.2, -0.15) is 0 Å². The first kappa shape index (κ1) is 35.3. The second kappa shape index (κ2) is 15.2. The molecule has 3 rings (SSSR count). The number of para-hydroxylation sites is 3. The molecule has 0 amide bonds. The van der Waals surface area contributed by atoms with E-state index >= 15 is 0 Å². The summed E-state index contributed by atoms with van der Waals surface area (Å²) in [5.41, 5.74) is 3.82. The zero-order valence-corrected chi connectivity index (χ0v) is 27.8. The molecule has 0 aliphatic carbocycles. The molecule has 0 bridgehead atoms. The van der Waals surface area contributed by atoms with E-state index in [-0.39, 0.29) is 26.1 Å². The smallest absolute Gasteiger partial charge is 0.188 e. The summed E-state index contributed by atoms with van der Waals surface area (Å²) < 4.78 is 99.9. The van der Waals surface area contributed by atoms with Gasteiger partial charge >= 0.3 is 0 Å². The van der Waals surface area contributed by atoms with Gasteiger partial charge < -0.3 is 23.7 Å². The van der Waals surface area contributed by atoms with Gasteiger partial charge in [0.05, 0.1) is 13.2 Å². The Kier molecular flexibility index (Phi) is 12.2. The average molecular weight is 671 g/mol. The number of hydrogen-bond acceptors (Lipinski definition) is 11. The van der Waals surface area contributed by atoms with Gasteiger partial charge in [0, 0.05) is 57.0 Å². The third kappa shape index (κ3) is 11.1. The highest BCUT2D eigenvalue weighted by Crippen LogP contribution is 2.35. The number of rotatable bonds is 17. The lowest BCUT2D eigenvalue weighted by atomic mass is 9.95. The molecule has 0 saturated heterocycles. The lowest BCUT2D eigenvalue weighted by molar-refractivity contribution is 0.181. The molecule has 242 valence electrons. The Morgan fingerprint density at radius 3 is 0.955 bits per heavy atom. The van der Waals surface area contributed by atoms with Crippen LogP contribution in [0, 0.1) is 0 Å². The van der Waals surface area contributed by atoms with Gasteiger partial charge in [-0.15, -0.1) is 0 Å². The molecule has 44 heavy (non-hydrogen) atoms. The summed E-state index contributed by atoms with van der Waals surface area (Å²) in [6.07, 6.45) is 3.63. The summed E-state index contributed by atoms with van der Waals surface area (Å²) in [4.78, 5) is 0. The number of ether oxygens (including phenoxy) is 5. The van der Waals surface area contributed by atoms with Crippen molar-refractivity contribution >= 4 is 29.5 Å². The van der Waals surface area contributed by atoms with Gasteiger partial charge in [0.1, 0.15) is 17.2 Å². The molecule has 11 nitrogen and oxygen atoms in total. The molecule has 14 heteroatoms. The van der Waals surface area contributed by atoms with E-state index in [2.05, 4.69) is 0 Å². The van der Waals surface area contributed by atoms with E-state index in [1.807, 2.05) is 0 Å². The molecule has 0 N–H and O–H groups in total. The van der Waals surface area contributed by atoms with E-state index in [9.17, 15) is 25.3 Å². The van der Waals surface area contributed by atoms with Crippen LogP contribution in [0.5, 0.6) is 17.2 Å². The second-order valence-electron chi connectivity index (χ2n) is 10.5. The third-order valence-electron chi connectivity index (χ3n) is 6.15. The van der Waals surface area contributed by atoms with E-state index in [0.717, 1.165) is 18.8 Å². The fourth-order valence-electron chi connectivity index (χ4n) is 4.47. The number of sulfone groups is 3. The van der Waals surface area contributed by atoms with Crippen molar-refractivity contribution in [3.05, 3.63) is 88.0 Å². The van der Waals surface area contributed by atoms with Crippen LogP contribution < -0.4 is 14.2 Å². The molecule has 0 atom stereocenters. The van der Waals surface area contributed by atoms with Crippen LogP contribution in [-0.4, -0.2) is 76.1 Å². The maximum atomic E-state index is 12.1. The number of methoxy groups -OCH3 is 2. The van der Waals surface area contributed by atoms with Crippen molar-refractivity contribution in [2.75, 3.05) is 50.8 Å². The molecule has 0 aliphatic heterocycles. The number of benzene rings is 3. The van der Waals surface area contributed by atoms with Crippen LogP contribution in [0.25, 0.3) is 0 Å². The minimum Gasteiger partial charge on any atom is -0.477 e. The standard InChI is InChI=1S/C30H38O11S3/c1-37-17-26-13-7-11-24(29(26)40-20-43(4,33)34)15-22-9-6-10-23(28(22)39-19-42(3,31)32)16-25-12-8-14-27(18-38-2)30(25)41-21-44(5,35)36/h6-14H,15-21H2,1-5H3. The van der Waals surface area contributed by atoms with Crippen LogP contribution in [0.15, 0.2) is 54.6 Å². The Labute approximate surface area is 259 Å². The molecule has 0 aliphatic rings. The van der Waals surface area contributed by atoms with Crippen molar-refractivity contribution in [3.63, 3.8) is 0 Å². The van der Waals surface area contributed by atoms with Gasteiger partial charge in [-0.25, -0.2) is 25.3 Å². The summed E-state index contributed by atoms with van der Waals surface area (Å²) in [7, 11) is -7.41. The third-order valence-corrected chi connectivity index (χ3v) is 7.79. The maximum Gasteiger partial charge on any atom is 0.188 e. The summed E-state index contributed by atoms with van der Waals surface area (Å²) in [5.74, 6) is -0.640. The quantitative estimate of drug-likeness (QED) is 0.208. The first-order chi connectivity index (χ1) is 20.6. The van der Waals surface area contributed by atoms with Crippen molar-refractivity contribution < 1.29 is 48.9 Å². The first-order valence-electron chi connectivity index (χ1n) is 13.3. The van der Waals surface area contributed by atoms with Crippen molar-refractivity contribution in [1.82, 2.24) is 0 Å². The van der Waals surface area contributed by atoms with Gasteiger partial charge in [0.2, 0.25) is 0 Å². The Bertz CT molecular complexity index is 1660. The minimum absolute atomic E-state index is 0.179. The van der Waals surface area contributed by atoms with Crippen LogP contribution in [0.3, 0.4) is 0 Å². The van der Waals surface area contributed by atoms with Gasteiger partial charge in [-0.1, -0.05) is 54.6 Å². The monoisotopic (exact) mass is 670 g/mol. The topological polar surface area (TPSA) is 149 Å². The Balaban J connectivity index is 2.12. The minimum atomic E-state index is -3.53. The summed E-state index contributed by atoms with van der Waals surface area (Å²) in [6, 6.07) is 16.1.